The maximum Gasteiger partial charge on any atom is 0.182 e. The molecule has 0 unspecified atom stereocenters. The topological polar surface area (TPSA) is 51.7 Å². The first kappa shape index (κ1) is 17.7. The summed E-state index contributed by atoms with van der Waals surface area (Å²) in [7, 11) is 3.32. The molecule has 0 fully saturated rings. The smallest absolute Gasteiger partial charge is 0.182 e. The number of ketones is 1. The summed E-state index contributed by atoms with van der Waals surface area (Å²) < 4.78 is 22.9. The molecule has 0 aliphatic carbocycles. The molecule has 0 spiro atoms. The van der Waals surface area contributed by atoms with Crippen LogP contribution in [0.25, 0.3) is 0 Å². The van der Waals surface area contributed by atoms with Crippen LogP contribution in [0.15, 0.2) is 18.3 Å². The minimum Gasteiger partial charge on any atom is -0.385 e. The Kier molecular flexibility index (Phi) is 8.73. The molecule has 0 bridgehead atoms. The predicted molar refractivity (Wildman–Crippen MR) is 78.0 cm³/mol. The third-order valence-corrected chi connectivity index (χ3v) is 3.10. The molecular weight excluding hydrogens is 275 g/mol. The minimum absolute atomic E-state index is 0.0795. The minimum atomic E-state index is -0.437. The summed E-state index contributed by atoms with van der Waals surface area (Å²) in [5.41, 5.74) is 0.306. The summed E-state index contributed by atoms with van der Waals surface area (Å²) in [6.07, 6.45) is 2.33. The Bertz CT molecular complexity index is 412. The van der Waals surface area contributed by atoms with Gasteiger partial charge in [-0.15, -0.1) is 0 Å². The van der Waals surface area contributed by atoms with Gasteiger partial charge in [-0.2, -0.15) is 0 Å². The number of hydrogen-bond donors (Lipinski definition) is 0. The van der Waals surface area contributed by atoms with Crippen LogP contribution in [0, 0.1) is 5.82 Å². The Morgan fingerprint density at radius 2 is 1.95 bits per heavy atom. The maximum atomic E-state index is 12.8. The van der Waals surface area contributed by atoms with Gasteiger partial charge < -0.3 is 14.4 Å². The van der Waals surface area contributed by atoms with E-state index in [9.17, 15) is 9.18 Å². The van der Waals surface area contributed by atoms with Crippen molar-refractivity contribution in [2.45, 2.75) is 12.8 Å². The van der Waals surface area contributed by atoms with E-state index in [1.807, 2.05) is 0 Å². The van der Waals surface area contributed by atoms with E-state index in [1.165, 1.54) is 12.1 Å². The molecule has 0 saturated carbocycles. The fourth-order valence-electron chi connectivity index (χ4n) is 1.92. The van der Waals surface area contributed by atoms with Crippen molar-refractivity contribution in [1.29, 1.82) is 0 Å². The molecule has 0 amide bonds. The van der Waals surface area contributed by atoms with Crippen LogP contribution >= 0.6 is 0 Å². The Morgan fingerprint density at radius 1 is 1.19 bits per heavy atom. The van der Waals surface area contributed by atoms with Gasteiger partial charge in [-0.05, 0) is 18.6 Å². The number of rotatable bonds is 11. The number of hydrogen-bond acceptors (Lipinski definition) is 5. The first-order chi connectivity index (χ1) is 10.2. The molecule has 0 radical (unpaired) electrons. The summed E-state index contributed by atoms with van der Waals surface area (Å²) in [5, 5.41) is 0. The van der Waals surface area contributed by atoms with Crippen molar-refractivity contribution in [2.24, 2.45) is 0 Å². The standard InChI is InChI=1S/C15H23FN2O3/c1-20-10-3-7-18(9-11-21-2)8-6-15(19)14-5-4-13(16)12-17-14/h4-5,12H,3,6-11H2,1-2H3. The molecule has 0 N–H and O–H groups in total. The normalized spacial score (nSPS) is 11.0. The Labute approximate surface area is 125 Å². The highest BCUT2D eigenvalue weighted by Gasteiger charge is 2.11. The largest absolute Gasteiger partial charge is 0.385 e. The number of nitrogens with zero attached hydrogens (tertiary/aromatic N) is 2. The zero-order valence-corrected chi connectivity index (χ0v) is 12.7. The van der Waals surface area contributed by atoms with Crippen LogP contribution in [0.4, 0.5) is 4.39 Å². The Hall–Kier alpha value is -1.37. The number of aromatic nitrogens is 1. The average Bonchev–Trinajstić information content (AvgIpc) is 2.50. The number of pyridine rings is 1. The zero-order chi connectivity index (χ0) is 15.5. The quantitative estimate of drug-likeness (QED) is 0.460. The fraction of sp³-hybridized carbons (Fsp3) is 0.600. The van der Waals surface area contributed by atoms with Crippen molar-refractivity contribution in [1.82, 2.24) is 9.88 Å². The lowest BCUT2D eigenvalue weighted by atomic mass is 10.2. The number of methoxy groups -OCH3 is 2. The highest BCUT2D eigenvalue weighted by molar-refractivity contribution is 5.94. The molecule has 1 aromatic rings. The van der Waals surface area contributed by atoms with E-state index >= 15 is 0 Å². The zero-order valence-electron chi connectivity index (χ0n) is 12.7. The van der Waals surface area contributed by atoms with Gasteiger partial charge in [-0.3, -0.25) is 9.78 Å². The van der Waals surface area contributed by atoms with Crippen molar-refractivity contribution >= 4 is 5.78 Å². The third kappa shape index (κ3) is 7.27. The molecule has 1 heterocycles. The second-order valence-electron chi connectivity index (χ2n) is 4.72. The van der Waals surface area contributed by atoms with Gasteiger partial charge in [0, 0.05) is 46.9 Å². The van der Waals surface area contributed by atoms with Gasteiger partial charge in [0.2, 0.25) is 0 Å². The van der Waals surface area contributed by atoms with E-state index in [2.05, 4.69) is 9.88 Å². The van der Waals surface area contributed by atoms with Gasteiger partial charge in [0.1, 0.15) is 11.5 Å². The van der Waals surface area contributed by atoms with Crippen molar-refractivity contribution < 1.29 is 18.7 Å². The highest BCUT2D eigenvalue weighted by Crippen LogP contribution is 2.04. The van der Waals surface area contributed by atoms with Crippen molar-refractivity contribution in [3.8, 4) is 0 Å². The van der Waals surface area contributed by atoms with Crippen LogP contribution in [-0.4, -0.2) is 62.7 Å². The number of halogens is 1. The third-order valence-electron chi connectivity index (χ3n) is 3.10. The van der Waals surface area contributed by atoms with E-state index in [0.29, 0.717) is 31.9 Å². The van der Waals surface area contributed by atoms with Crippen molar-refractivity contribution in [3.05, 3.63) is 29.8 Å². The van der Waals surface area contributed by atoms with E-state index in [-0.39, 0.29) is 5.78 Å². The molecule has 0 aliphatic heterocycles. The summed E-state index contributed by atoms with van der Waals surface area (Å²) in [4.78, 5) is 18.0. The molecule has 118 valence electrons. The maximum absolute atomic E-state index is 12.8. The van der Waals surface area contributed by atoms with Crippen molar-refractivity contribution in [3.63, 3.8) is 0 Å². The molecule has 0 aliphatic rings. The molecule has 0 saturated heterocycles. The predicted octanol–water partition coefficient (Wildman–Crippen LogP) is 1.78. The van der Waals surface area contributed by atoms with Crippen molar-refractivity contribution in [2.75, 3.05) is 47.1 Å². The van der Waals surface area contributed by atoms with Gasteiger partial charge in [0.05, 0.1) is 12.8 Å². The van der Waals surface area contributed by atoms with Crippen LogP contribution in [0.5, 0.6) is 0 Å². The van der Waals surface area contributed by atoms with Crippen LogP contribution in [0.1, 0.15) is 23.3 Å². The van der Waals surface area contributed by atoms with Crippen LogP contribution in [0.2, 0.25) is 0 Å². The number of carbonyl (C=O) groups is 1. The second-order valence-corrected chi connectivity index (χ2v) is 4.72. The lowest BCUT2D eigenvalue weighted by Crippen LogP contribution is -2.31. The number of Topliss-reactive ketones (excluding diaryl/α,β-unsaturated/α-hetero) is 1. The SMILES string of the molecule is COCCCN(CCOC)CCC(=O)c1ccc(F)cn1. The van der Waals surface area contributed by atoms with E-state index in [1.54, 1.807) is 14.2 Å². The van der Waals surface area contributed by atoms with Gasteiger partial charge in [0.15, 0.2) is 5.78 Å². The summed E-state index contributed by atoms with van der Waals surface area (Å²) >= 11 is 0. The molecule has 21 heavy (non-hydrogen) atoms. The molecule has 6 heteroatoms. The van der Waals surface area contributed by atoms with Gasteiger partial charge in [-0.25, -0.2) is 4.39 Å². The van der Waals surface area contributed by atoms with Gasteiger partial charge in [0.25, 0.3) is 0 Å². The highest BCUT2D eigenvalue weighted by atomic mass is 19.1. The molecule has 0 aromatic carbocycles. The lowest BCUT2D eigenvalue weighted by molar-refractivity contribution is 0.0936. The second kappa shape index (κ2) is 10.4. The average molecular weight is 298 g/mol. The first-order valence-corrected chi connectivity index (χ1v) is 7.02. The molecule has 0 atom stereocenters. The first-order valence-electron chi connectivity index (χ1n) is 7.02. The van der Waals surface area contributed by atoms with Crippen LogP contribution < -0.4 is 0 Å². The molecule has 1 rings (SSSR count). The number of carbonyl (C=O) groups excluding carboxylic acids is 1. The Balaban J connectivity index is 2.42. The van der Waals surface area contributed by atoms with E-state index < -0.39 is 5.82 Å². The van der Waals surface area contributed by atoms with Crippen LogP contribution in [0.3, 0.4) is 0 Å². The lowest BCUT2D eigenvalue weighted by Gasteiger charge is -2.21. The van der Waals surface area contributed by atoms with Crippen LogP contribution in [-0.2, 0) is 9.47 Å². The van der Waals surface area contributed by atoms with Gasteiger partial charge >= 0.3 is 0 Å². The summed E-state index contributed by atoms with van der Waals surface area (Å²) in [6, 6.07) is 2.67. The van der Waals surface area contributed by atoms with E-state index in [0.717, 1.165) is 25.7 Å². The Morgan fingerprint density at radius 3 is 2.57 bits per heavy atom. The monoisotopic (exact) mass is 298 g/mol. The molecule has 1 aromatic heterocycles. The fourth-order valence-corrected chi connectivity index (χ4v) is 1.92. The summed E-state index contributed by atoms with van der Waals surface area (Å²) in [5.74, 6) is -0.517. The summed E-state index contributed by atoms with van der Waals surface area (Å²) in [6.45, 7) is 3.56. The van der Waals surface area contributed by atoms with Gasteiger partial charge in [-0.1, -0.05) is 0 Å². The number of ether oxygens (including phenoxy) is 2. The molecule has 5 nitrogen and oxygen atoms in total. The van der Waals surface area contributed by atoms with E-state index in [4.69, 9.17) is 9.47 Å². The molecular formula is C15H23FN2O3.